The Balaban J connectivity index is 2.07. The molecule has 1 saturated heterocycles. The van der Waals surface area contributed by atoms with Crippen LogP contribution in [0.1, 0.15) is 24.6 Å². The number of furan rings is 1. The molecule has 6 nitrogen and oxygen atoms in total. The number of nitrogens with one attached hydrogen (secondary N) is 1. The molecule has 1 aromatic rings. The van der Waals surface area contributed by atoms with Gasteiger partial charge in [0.2, 0.25) is 0 Å². The van der Waals surface area contributed by atoms with E-state index in [-0.39, 0.29) is 12.6 Å². The second-order valence-corrected chi connectivity index (χ2v) is 5.55. The van der Waals surface area contributed by atoms with Gasteiger partial charge >= 0.3 is 0 Å². The highest BCUT2D eigenvalue weighted by atomic mass is 32.2. The standard InChI is InChI=1S/C10H17N3O3S/c11-17(14,15)12-8-9(10-4-3-7-16-10)13-5-1-2-6-13/h3-4,7,9,12H,1-2,5-6,8H2,(H2,11,14,15). The Morgan fingerprint density at radius 2 is 2.18 bits per heavy atom. The van der Waals surface area contributed by atoms with Crippen molar-refractivity contribution in [1.29, 1.82) is 0 Å². The fourth-order valence-corrected chi connectivity index (χ4v) is 2.53. The highest BCUT2D eigenvalue weighted by Crippen LogP contribution is 2.24. The quantitative estimate of drug-likeness (QED) is 0.791. The van der Waals surface area contributed by atoms with Crippen LogP contribution in [0.2, 0.25) is 0 Å². The van der Waals surface area contributed by atoms with Crippen LogP contribution in [0, 0.1) is 0 Å². The van der Waals surface area contributed by atoms with Crippen molar-refractivity contribution in [3.8, 4) is 0 Å². The molecule has 2 rings (SSSR count). The molecule has 0 saturated carbocycles. The lowest BCUT2D eigenvalue weighted by atomic mass is 10.2. The zero-order chi connectivity index (χ0) is 12.3. The first-order chi connectivity index (χ1) is 8.06. The van der Waals surface area contributed by atoms with Crippen LogP contribution in [-0.2, 0) is 10.2 Å². The summed E-state index contributed by atoms with van der Waals surface area (Å²) in [7, 11) is -3.66. The van der Waals surface area contributed by atoms with Gasteiger partial charge in [0, 0.05) is 6.54 Å². The molecule has 0 amide bonds. The molecule has 1 unspecified atom stereocenters. The topological polar surface area (TPSA) is 88.6 Å². The number of nitrogens with zero attached hydrogens (tertiary/aromatic N) is 1. The van der Waals surface area contributed by atoms with Crippen molar-refractivity contribution in [1.82, 2.24) is 9.62 Å². The van der Waals surface area contributed by atoms with Crippen LogP contribution in [0.15, 0.2) is 22.8 Å². The average molecular weight is 259 g/mol. The predicted molar refractivity (Wildman–Crippen MR) is 63.4 cm³/mol. The third-order valence-electron chi connectivity index (χ3n) is 2.93. The highest BCUT2D eigenvalue weighted by Gasteiger charge is 2.26. The summed E-state index contributed by atoms with van der Waals surface area (Å²) in [4.78, 5) is 2.21. The second kappa shape index (κ2) is 5.18. The zero-order valence-corrected chi connectivity index (χ0v) is 10.3. The van der Waals surface area contributed by atoms with Crippen molar-refractivity contribution in [3.05, 3.63) is 24.2 Å². The van der Waals surface area contributed by atoms with E-state index in [9.17, 15) is 8.42 Å². The summed E-state index contributed by atoms with van der Waals surface area (Å²) in [6.45, 7) is 2.15. The van der Waals surface area contributed by atoms with Crippen molar-refractivity contribution >= 4 is 10.2 Å². The number of hydrogen-bond acceptors (Lipinski definition) is 4. The Morgan fingerprint density at radius 1 is 1.47 bits per heavy atom. The van der Waals surface area contributed by atoms with E-state index in [1.54, 1.807) is 12.3 Å². The summed E-state index contributed by atoms with van der Waals surface area (Å²) in [6, 6.07) is 3.58. The van der Waals surface area contributed by atoms with Crippen LogP contribution in [0.25, 0.3) is 0 Å². The molecule has 2 heterocycles. The molecule has 0 aliphatic carbocycles. The molecule has 1 fully saturated rings. The molecule has 0 radical (unpaired) electrons. The molecular weight excluding hydrogens is 242 g/mol. The fraction of sp³-hybridized carbons (Fsp3) is 0.600. The third kappa shape index (κ3) is 3.53. The Morgan fingerprint density at radius 3 is 2.71 bits per heavy atom. The van der Waals surface area contributed by atoms with Crippen LogP contribution in [0.4, 0.5) is 0 Å². The van der Waals surface area contributed by atoms with E-state index >= 15 is 0 Å². The minimum absolute atomic E-state index is 0.0779. The molecule has 1 aromatic heterocycles. The first kappa shape index (κ1) is 12.6. The molecule has 96 valence electrons. The largest absolute Gasteiger partial charge is 0.468 e. The Labute approximate surface area is 101 Å². The SMILES string of the molecule is NS(=O)(=O)NCC(c1ccco1)N1CCCC1. The Hall–Kier alpha value is -0.890. The van der Waals surface area contributed by atoms with E-state index in [2.05, 4.69) is 9.62 Å². The lowest BCUT2D eigenvalue weighted by molar-refractivity contribution is 0.216. The maximum Gasteiger partial charge on any atom is 0.274 e. The van der Waals surface area contributed by atoms with Crippen LogP contribution in [0.3, 0.4) is 0 Å². The maximum atomic E-state index is 10.9. The van der Waals surface area contributed by atoms with Crippen molar-refractivity contribution in [2.75, 3.05) is 19.6 Å². The zero-order valence-electron chi connectivity index (χ0n) is 9.50. The van der Waals surface area contributed by atoms with Gasteiger partial charge in [0.05, 0.1) is 12.3 Å². The lowest BCUT2D eigenvalue weighted by Crippen LogP contribution is -2.39. The molecule has 0 aromatic carbocycles. The number of rotatable bonds is 5. The minimum Gasteiger partial charge on any atom is -0.468 e. The molecule has 0 spiro atoms. The van der Waals surface area contributed by atoms with E-state index in [0.717, 1.165) is 31.7 Å². The lowest BCUT2D eigenvalue weighted by Gasteiger charge is -2.25. The summed E-state index contributed by atoms with van der Waals surface area (Å²) in [5.74, 6) is 0.767. The normalized spacial score (nSPS) is 19.6. The van der Waals surface area contributed by atoms with Gasteiger partial charge in [0.1, 0.15) is 5.76 Å². The summed E-state index contributed by atoms with van der Waals surface area (Å²) in [5, 5.41) is 4.95. The van der Waals surface area contributed by atoms with E-state index in [1.165, 1.54) is 0 Å². The molecule has 7 heteroatoms. The van der Waals surface area contributed by atoms with Crippen molar-refractivity contribution in [2.24, 2.45) is 5.14 Å². The first-order valence-corrected chi connectivity index (χ1v) is 7.16. The van der Waals surface area contributed by atoms with E-state index in [1.807, 2.05) is 6.07 Å². The maximum absolute atomic E-state index is 10.9. The number of likely N-dealkylation sites (tertiary alicyclic amines) is 1. The summed E-state index contributed by atoms with van der Waals surface area (Å²) in [6.07, 6.45) is 3.86. The van der Waals surface area contributed by atoms with Gasteiger partial charge in [-0.25, -0.2) is 9.86 Å². The smallest absolute Gasteiger partial charge is 0.274 e. The van der Waals surface area contributed by atoms with Crippen LogP contribution < -0.4 is 9.86 Å². The van der Waals surface area contributed by atoms with Crippen LogP contribution in [0.5, 0.6) is 0 Å². The average Bonchev–Trinajstić information content (AvgIpc) is 2.86. The number of hydrogen-bond donors (Lipinski definition) is 2. The van der Waals surface area contributed by atoms with Gasteiger partial charge in [-0.15, -0.1) is 0 Å². The monoisotopic (exact) mass is 259 g/mol. The second-order valence-electron chi connectivity index (χ2n) is 4.17. The van der Waals surface area contributed by atoms with Gasteiger partial charge in [-0.05, 0) is 38.1 Å². The van der Waals surface area contributed by atoms with Gasteiger partial charge in [0.25, 0.3) is 10.2 Å². The number of nitrogens with two attached hydrogens (primary N) is 1. The van der Waals surface area contributed by atoms with Gasteiger partial charge in [-0.2, -0.15) is 8.42 Å². The van der Waals surface area contributed by atoms with Crippen molar-refractivity contribution in [3.63, 3.8) is 0 Å². The van der Waals surface area contributed by atoms with Crippen molar-refractivity contribution in [2.45, 2.75) is 18.9 Å². The summed E-state index contributed by atoms with van der Waals surface area (Å²) in [5.41, 5.74) is 0. The Kier molecular flexibility index (Phi) is 3.82. The van der Waals surface area contributed by atoms with Crippen LogP contribution in [-0.4, -0.2) is 33.0 Å². The molecule has 1 aliphatic heterocycles. The van der Waals surface area contributed by atoms with E-state index in [0.29, 0.717) is 0 Å². The van der Waals surface area contributed by atoms with Crippen molar-refractivity contribution < 1.29 is 12.8 Å². The van der Waals surface area contributed by atoms with Gasteiger partial charge in [-0.1, -0.05) is 0 Å². The van der Waals surface area contributed by atoms with Gasteiger partial charge in [-0.3, -0.25) is 4.90 Å². The molecule has 1 atom stereocenters. The fourth-order valence-electron chi connectivity index (χ4n) is 2.14. The Bertz CT molecular complexity index is 437. The van der Waals surface area contributed by atoms with Gasteiger partial charge in [0.15, 0.2) is 0 Å². The van der Waals surface area contributed by atoms with E-state index in [4.69, 9.17) is 9.56 Å². The minimum atomic E-state index is -3.66. The molecule has 0 bridgehead atoms. The molecular formula is C10H17N3O3S. The summed E-state index contributed by atoms with van der Waals surface area (Å²) >= 11 is 0. The predicted octanol–water partition coefficient (Wildman–Crippen LogP) is 0.210. The van der Waals surface area contributed by atoms with Crippen LogP contribution >= 0.6 is 0 Å². The first-order valence-electron chi connectivity index (χ1n) is 5.61. The van der Waals surface area contributed by atoms with E-state index < -0.39 is 10.2 Å². The van der Waals surface area contributed by atoms with Gasteiger partial charge < -0.3 is 4.42 Å². The molecule has 1 aliphatic rings. The summed E-state index contributed by atoms with van der Waals surface area (Å²) < 4.78 is 29.6. The molecule has 3 N–H and O–H groups in total. The molecule has 17 heavy (non-hydrogen) atoms. The highest BCUT2D eigenvalue weighted by molar-refractivity contribution is 7.87. The third-order valence-corrected chi connectivity index (χ3v) is 3.50.